The van der Waals surface area contributed by atoms with Crippen LogP contribution in [0.5, 0.6) is 0 Å². The highest BCUT2D eigenvalue weighted by Gasteiger charge is 2.13. The molecule has 0 amide bonds. The van der Waals surface area contributed by atoms with Crippen LogP contribution in [-0.4, -0.2) is 5.78 Å². The molecular weight excluding hydrogens is 112 g/mol. The van der Waals surface area contributed by atoms with E-state index in [2.05, 4.69) is 13.8 Å². The van der Waals surface area contributed by atoms with Crippen LogP contribution in [0.25, 0.3) is 0 Å². The van der Waals surface area contributed by atoms with Crippen molar-refractivity contribution in [2.75, 3.05) is 0 Å². The number of ketones is 1. The van der Waals surface area contributed by atoms with Crippen molar-refractivity contribution in [2.24, 2.45) is 11.8 Å². The number of hydrogen-bond donors (Lipinski definition) is 0. The van der Waals surface area contributed by atoms with Crippen molar-refractivity contribution in [2.45, 2.75) is 34.1 Å². The summed E-state index contributed by atoms with van der Waals surface area (Å²) >= 11 is 0. The van der Waals surface area contributed by atoms with Crippen LogP contribution in [0.2, 0.25) is 0 Å². The monoisotopic (exact) mass is 128 g/mol. The Balaban J connectivity index is 3.72. The van der Waals surface area contributed by atoms with Gasteiger partial charge in [0.05, 0.1) is 0 Å². The molecule has 54 valence electrons. The van der Waals surface area contributed by atoms with E-state index in [1.54, 1.807) is 0 Å². The van der Waals surface area contributed by atoms with Gasteiger partial charge in [-0.15, -0.1) is 0 Å². The fraction of sp³-hybridized carbons (Fsp3) is 0.875. The third-order valence-electron chi connectivity index (χ3n) is 1.86. The first kappa shape index (κ1) is 8.67. The lowest BCUT2D eigenvalue weighted by molar-refractivity contribution is -0.123. The second-order valence-electron chi connectivity index (χ2n) is 2.85. The lowest BCUT2D eigenvalue weighted by Gasteiger charge is -2.11. The average Bonchev–Trinajstić information content (AvgIpc) is 1.84. The van der Waals surface area contributed by atoms with Crippen LogP contribution < -0.4 is 0 Å². The lowest BCUT2D eigenvalue weighted by Crippen LogP contribution is -2.15. The topological polar surface area (TPSA) is 17.1 Å². The van der Waals surface area contributed by atoms with Gasteiger partial charge in [0.1, 0.15) is 5.78 Å². The first-order valence-corrected chi connectivity index (χ1v) is 3.62. The maximum absolute atomic E-state index is 11.0. The van der Waals surface area contributed by atoms with Crippen LogP contribution in [-0.2, 0) is 4.79 Å². The normalized spacial score (nSPS) is 13.9. The van der Waals surface area contributed by atoms with E-state index in [1.165, 1.54) is 0 Å². The molecule has 0 radical (unpaired) electrons. The minimum absolute atomic E-state index is 0.245. The Morgan fingerprint density at radius 2 is 1.78 bits per heavy atom. The summed E-state index contributed by atoms with van der Waals surface area (Å²) in [6.07, 6.45) is 0.680. The van der Waals surface area contributed by atoms with Gasteiger partial charge in [0.15, 0.2) is 0 Å². The molecule has 0 spiro atoms. The highest BCUT2D eigenvalue weighted by Crippen LogP contribution is 2.11. The van der Waals surface area contributed by atoms with Crippen molar-refractivity contribution in [1.82, 2.24) is 0 Å². The SMILES string of the molecule is CCC(=O)C(C)C(C)C. The van der Waals surface area contributed by atoms with E-state index in [4.69, 9.17) is 0 Å². The summed E-state index contributed by atoms with van der Waals surface area (Å²) in [5.74, 6) is 1.12. The molecule has 0 heterocycles. The summed E-state index contributed by atoms with van der Waals surface area (Å²) < 4.78 is 0. The molecule has 0 aromatic heterocycles. The van der Waals surface area contributed by atoms with Gasteiger partial charge in [-0.2, -0.15) is 0 Å². The number of rotatable bonds is 3. The molecule has 0 fully saturated rings. The van der Waals surface area contributed by atoms with Crippen LogP contribution in [0.15, 0.2) is 0 Å². The van der Waals surface area contributed by atoms with Crippen LogP contribution in [0.4, 0.5) is 0 Å². The summed E-state index contributed by atoms with van der Waals surface area (Å²) in [4.78, 5) is 11.0. The van der Waals surface area contributed by atoms with Crippen molar-refractivity contribution < 1.29 is 4.79 Å². The average molecular weight is 128 g/mol. The predicted molar refractivity (Wildman–Crippen MR) is 39.3 cm³/mol. The summed E-state index contributed by atoms with van der Waals surface area (Å²) in [6, 6.07) is 0. The van der Waals surface area contributed by atoms with Gasteiger partial charge in [-0.25, -0.2) is 0 Å². The minimum Gasteiger partial charge on any atom is -0.299 e. The van der Waals surface area contributed by atoms with E-state index in [9.17, 15) is 4.79 Å². The third-order valence-corrected chi connectivity index (χ3v) is 1.86. The number of hydrogen-bond acceptors (Lipinski definition) is 1. The quantitative estimate of drug-likeness (QED) is 0.569. The summed E-state index contributed by atoms with van der Waals surface area (Å²) in [7, 11) is 0. The number of carbonyl (C=O) groups excluding carboxylic acids is 1. The molecule has 0 saturated heterocycles. The highest BCUT2D eigenvalue weighted by atomic mass is 16.1. The fourth-order valence-corrected chi connectivity index (χ4v) is 0.694. The molecule has 0 saturated carbocycles. The molecule has 1 unspecified atom stereocenters. The van der Waals surface area contributed by atoms with Gasteiger partial charge in [0, 0.05) is 12.3 Å². The van der Waals surface area contributed by atoms with E-state index in [-0.39, 0.29) is 5.92 Å². The van der Waals surface area contributed by atoms with Gasteiger partial charge < -0.3 is 0 Å². The molecule has 1 atom stereocenters. The van der Waals surface area contributed by atoms with Crippen LogP contribution in [0, 0.1) is 11.8 Å². The van der Waals surface area contributed by atoms with E-state index in [0.717, 1.165) is 0 Å². The maximum atomic E-state index is 11.0. The van der Waals surface area contributed by atoms with Gasteiger partial charge in [-0.3, -0.25) is 4.79 Å². The third kappa shape index (κ3) is 2.64. The Bertz CT molecular complexity index is 94.7. The van der Waals surface area contributed by atoms with Crippen LogP contribution in [0.3, 0.4) is 0 Å². The summed E-state index contributed by atoms with van der Waals surface area (Å²) in [6.45, 7) is 8.08. The zero-order valence-corrected chi connectivity index (χ0v) is 6.77. The van der Waals surface area contributed by atoms with Crippen molar-refractivity contribution in [3.8, 4) is 0 Å². The Hall–Kier alpha value is -0.330. The van der Waals surface area contributed by atoms with Gasteiger partial charge >= 0.3 is 0 Å². The minimum atomic E-state index is 0.245. The number of Topliss-reactive ketones (excluding diaryl/α,β-unsaturated/α-hetero) is 1. The van der Waals surface area contributed by atoms with Crippen molar-refractivity contribution >= 4 is 5.78 Å². The molecule has 0 aromatic carbocycles. The molecule has 0 N–H and O–H groups in total. The maximum Gasteiger partial charge on any atom is 0.135 e. The number of carbonyl (C=O) groups is 1. The first-order chi connectivity index (χ1) is 4.09. The molecule has 0 aliphatic rings. The standard InChI is InChI=1S/C8H16O/c1-5-8(9)7(4)6(2)3/h6-7H,5H2,1-4H3. The highest BCUT2D eigenvalue weighted by molar-refractivity contribution is 5.80. The second-order valence-corrected chi connectivity index (χ2v) is 2.85. The Kier molecular flexibility index (Phi) is 3.52. The van der Waals surface area contributed by atoms with E-state index < -0.39 is 0 Å². The van der Waals surface area contributed by atoms with Crippen molar-refractivity contribution in [3.05, 3.63) is 0 Å². The summed E-state index contributed by atoms with van der Waals surface area (Å²) in [5.41, 5.74) is 0. The molecule has 0 aliphatic heterocycles. The smallest absolute Gasteiger partial charge is 0.135 e. The van der Waals surface area contributed by atoms with E-state index in [0.29, 0.717) is 18.1 Å². The molecular formula is C8H16O. The Labute approximate surface area is 57.5 Å². The Morgan fingerprint density at radius 3 is 1.89 bits per heavy atom. The van der Waals surface area contributed by atoms with Gasteiger partial charge in [0.2, 0.25) is 0 Å². The fourth-order valence-electron chi connectivity index (χ4n) is 0.694. The Morgan fingerprint density at radius 1 is 1.33 bits per heavy atom. The molecule has 0 rings (SSSR count). The lowest BCUT2D eigenvalue weighted by atomic mass is 9.92. The van der Waals surface area contributed by atoms with Crippen molar-refractivity contribution in [1.29, 1.82) is 0 Å². The van der Waals surface area contributed by atoms with Gasteiger partial charge in [-0.05, 0) is 5.92 Å². The largest absolute Gasteiger partial charge is 0.299 e. The van der Waals surface area contributed by atoms with E-state index >= 15 is 0 Å². The molecule has 1 heteroatoms. The first-order valence-electron chi connectivity index (χ1n) is 3.62. The zero-order valence-electron chi connectivity index (χ0n) is 6.77. The van der Waals surface area contributed by atoms with Crippen LogP contribution >= 0.6 is 0 Å². The summed E-state index contributed by atoms with van der Waals surface area (Å²) in [5, 5.41) is 0. The predicted octanol–water partition coefficient (Wildman–Crippen LogP) is 2.26. The second kappa shape index (κ2) is 3.65. The zero-order chi connectivity index (χ0) is 7.44. The van der Waals surface area contributed by atoms with Gasteiger partial charge in [-0.1, -0.05) is 27.7 Å². The molecule has 0 bridgehead atoms. The molecule has 9 heavy (non-hydrogen) atoms. The molecule has 0 aromatic rings. The van der Waals surface area contributed by atoms with Crippen LogP contribution in [0.1, 0.15) is 34.1 Å². The van der Waals surface area contributed by atoms with Crippen molar-refractivity contribution in [3.63, 3.8) is 0 Å². The van der Waals surface area contributed by atoms with E-state index in [1.807, 2.05) is 13.8 Å². The molecule has 0 aliphatic carbocycles. The molecule has 1 nitrogen and oxygen atoms in total. The van der Waals surface area contributed by atoms with Gasteiger partial charge in [0.25, 0.3) is 0 Å².